The van der Waals surface area contributed by atoms with E-state index in [1.165, 1.54) is 6.07 Å². The zero-order valence-electron chi connectivity index (χ0n) is 12.3. The Balaban J connectivity index is 1.97. The Morgan fingerprint density at radius 3 is 2.75 bits per heavy atom. The van der Waals surface area contributed by atoms with Crippen molar-refractivity contribution < 1.29 is 8.78 Å². The van der Waals surface area contributed by atoms with Gasteiger partial charge < -0.3 is 5.32 Å². The molecule has 2 nitrogen and oxygen atoms in total. The molecule has 1 fully saturated rings. The first-order chi connectivity index (χ1) is 9.63. The molecule has 1 heterocycles. The molecule has 112 valence electrons. The minimum Gasteiger partial charge on any atom is -0.314 e. The summed E-state index contributed by atoms with van der Waals surface area (Å²) >= 11 is 0. The van der Waals surface area contributed by atoms with Crippen LogP contribution < -0.4 is 5.32 Å². The smallest absolute Gasteiger partial charge is 0.130 e. The lowest BCUT2D eigenvalue weighted by Crippen LogP contribution is -2.48. The molecule has 2 rings (SSSR count). The molecule has 1 aromatic carbocycles. The average Bonchev–Trinajstić information content (AvgIpc) is 2.43. The van der Waals surface area contributed by atoms with E-state index >= 15 is 0 Å². The van der Waals surface area contributed by atoms with Crippen LogP contribution in [0, 0.1) is 17.6 Å². The Bertz CT molecular complexity index is 436. The topological polar surface area (TPSA) is 15.3 Å². The third kappa shape index (κ3) is 3.76. The van der Waals surface area contributed by atoms with Gasteiger partial charge in [0.1, 0.15) is 11.6 Å². The van der Waals surface area contributed by atoms with Gasteiger partial charge in [-0.2, -0.15) is 0 Å². The summed E-state index contributed by atoms with van der Waals surface area (Å²) in [6.45, 7) is 7.84. The van der Waals surface area contributed by atoms with Crippen LogP contribution >= 0.6 is 0 Å². The Hall–Kier alpha value is -1.00. The molecule has 0 aliphatic carbocycles. The highest BCUT2D eigenvalue weighted by Crippen LogP contribution is 2.22. The standard InChI is InChI=1S/C16H24F2N2/c1-3-12-10-20(8-7-16(12)19-4-2)11-13-5-6-14(17)9-15(13)18/h5-6,9,12,16,19H,3-4,7-8,10-11H2,1-2H3. The summed E-state index contributed by atoms with van der Waals surface area (Å²) in [7, 11) is 0. The molecule has 2 atom stereocenters. The molecule has 1 saturated heterocycles. The molecule has 0 aromatic heterocycles. The van der Waals surface area contributed by atoms with Crippen molar-refractivity contribution in [2.24, 2.45) is 5.92 Å². The number of rotatable bonds is 5. The molecular formula is C16H24F2N2. The molecule has 0 bridgehead atoms. The first-order valence-corrected chi connectivity index (χ1v) is 7.53. The van der Waals surface area contributed by atoms with Crippen LogP contribution in [0.2, 0.25) is 0 Å². The van der Waals surface area contributed by atoms with Gasteiger partial charge in [0.05, 0.1) is 0 Å². The molecule has 20 heavy (non-hydrogen) atoms. The Morgan fingerprint density at radius 2 is 2.10 bits per heavy atom. The molecule has 1 aliphatic heterocycles. The quantitative estimate of drug-likeness (QED) is 0.892. The van der Waals surface area contributed by atoms with Crippen LogP contribution in [0.25, 0.3) is 0 Å². The number of nitrogens with one attached hydrogen (secondary N) is 1. The van der Waals surface area contributed by atoms with Gasteiger partial charge in [0.25, 0.3) is 0 Å². The predicted octanol–water partition coefficient (Wildman–Crippen LogP) is 3.17. The number of nitrogens with zero attached hydrogens (tertiary/aromatic N) is 1. The minimum absolute atomic E-state index is 0.438. The molecule has 2 unspecified atom stereocenters. The lowest BCUT2D eigenvalue weighted by Gasteiger charge is -2.38. The van der Waals surface area contributed by atoms with Gasteiger partial charge in [-0.05, 0) is 31.5 Å². The second kappa shape index (κ2) is 7.14. The summed E-state index contributed by atoms with van der Waals surface area (Å²) in [5.41, 5.74) is 0.586. The number of likely N-dealkylation sites (tertiary alicyclic amines) is 1. The van der Waals surface area contributed by atoms with Crippen LogP contribution in [0.4, 0.5) is 8.78 Å². The number of hydrogen-bond acceptors (Lipinski definition) is 2. The van der Waals surface area contributed by atoms with Gasteiger partial charge in [-0.15, -0.1) is 0 Å². The maximum absolute atomic E-state index is 13.7. The summed E-state index contributed by atoms with van der Waals surface area (Å²) in [6.07, 6.45) is 2.22. The van der Waals surface area contributed by atoms with Crippen molar-refractivity contribution in [2.75, 3.05) is 19.6 Å². The molecule has 0 saturated carbocycles. The zero-order valence-corrected chi connectivity index (χ0v) is 12.3. The van der Waals surface area contributed by atoms with Gasteiger partial charge in [0, 0.05) is 30.8 Å². The third-order valence-corrected chi connectivity index (χ3v) is 4.22. The van der Waals surface area contributed by atoms with Gasteiger partial charge in [0.15, 0.2) is 0 Å². The molecule has 1 N–H and O–H groups in total. The van der Waals surface area contributed by atoms with Crippen molar-refractivity contribution in [1.29, 1.82) is 0 Å². The largest absolute Gasteiger partial charge is 0.314 e. The predicted molar refractivity (Wildman–Crippen MR) is 77.5 cm³/mol. The van der Waals surface area contributed by atoms with Crippen molar-refractivity contribution >= 4 is 0 Å². The van der Waals surface area contributed by atoms with Crippen LogP contribution in [0.3, 0.4) is 0 Å². The van der Waals surface area contributed by atoms with Gasteiger partial charge in [-0.25, -0.2) is 8.78 Å². The van der Waals surface area contributed by atoms with Crippen molar-refractivity contribution in [3.63, 3.8) is 0 Å². The van der Waals surface area contributed by atoms with Crippen molar-refractivity contribution in [1.82, 2.24) is 10.2 Å². The van der Waals surface area contributed by atoms with Crippen LogP contribution in [0.1, 0.15) is 32.3 Å². The normalized spacial score (nSPS) is 24.0. The van der Waals surface area contributed by atoms with E-state index in [0.717, 1.165) is 38.5 Å². The highest BCUT2D eigenvalue weighted by Gasteiger charge is 2.27. The van der Waals surface area contributed by atoms with E-state index < -0.39 is 11.6 Å². The Morgan fingerprint density at radius 1 is 1.30 bits per heavy atom. The zero-order chi connectivity index (χ0) is 14.5. The number of hydrogen-bond donors (Lipinski definition) is 1. The Labute approximate surface area is 120 Å². The molecule has 4 heteroatoms. The fourth-order valence-electron chi connectivity index (χ4n) is 3.09. The summed E-state index contributed by atoms with van der Waals surface area (Å²) in [4.78, 5) is 2.28. The van der Waals surface area contributed by atoms with Gasteiger partial charge in [-0.3, -0.25) is 4.90 Å². The second-order valence-electron chi connectivity index (χ2n) is 5.59. The van der Waals surface area contributed by atoms with E-state index in [0.29, 0.717) is 24.1 Å². The summed E-state index contributed by atoms with van der Waals surface area (Å²) < 4.78 is 26.6. The summed E-state index contributed by atoms with van der Waals surface area (Å²) in [6, 6.07) is 4.43. The van der Waals surface area contributed by atoms with Crippen LogP contribution in [0.15, 0.2) is 18.2 Å². The van der Waals surface area contributed by atoms with Crippen LogP contribution in [-0.4, -0.2) is 30.6 Å². The molecule has 1 aromatic rings. The van der Waals surface area contributed by atoms with Gasteiger partial charge >= 0.3 is 0 Å². The van der Waals surface area contributed by atoms with E-state index in [4.69, 9.17) is 0 Å². The van der Waals surface area contributed by atoms with Gasteiger partial charge in [0.2, 0.25) is 0 Å². The first-order valence-electron chi connectivity index (χ1n) is 7.53. The number of halogens is 2. The second-order valence-corrected chi connectivity index (χ2v) is 5.59. The van der Waals surface area contributed by atoms with E-state index in [2.05, 4.69) is 24.1 Å². The fourth-order valence-corrected chi connectivity index (χ4v) is 3.09. The maximum atomic E-state index is 13.7. The minimum atomic E-state index is -0.511. The van der Waals surface area contributed by atoms with Crippen LogP contribution in [0.5, 0.6) is 0 Å². The van der Waals surface area contributed by atoms with E-state index in [1.54, 1.807) is 6.07 Å². The number of benzene rings is 1. The molecule has 0 radical (unpaired) electrons. The highest BCUT2D eigenvalue weighted by molar-refractivity contribution is 5.18. The average molecular weight is 282 g/mol. The molecule has 0 spiro atoms. The summed E-state index contributed by atoms with van der Waals surface area (Å²) in [5, 5.41) is 3.54. The lowest BCUT2D eigenvalue weighted by molar-refractivity contribution is 0.128. The van der Waals surface area contributed by atoms with Gasteiger partial charge in [-0.1, -0.05) is 26.3 Å². The number of piperidine rings is 1. The monoisotopic (exact) mass is 282 g/mol. The van der Waals surface area contributed by atoms with E-state index in [1.807, 2.05) is 0 Å². The Kier molecular flexibility index (Phi) is 5.49. The maximum Gasteiger partial charge on any atom is 0.130 e. The van der Waals surface area contributed by atoms with Crippen molar-refractivity contribution in [3.05, 3.63) is 35.4 Å². The van der Waals surface area contributed by atoms with E-state index in [9.17, 15) is 8.78 Å². The van der Waals surface area contributed by atoms with Crippen molar-refractivity contribution in [2.45, 2.75) is 39.3 Å². The lowest BCUT2D eigenvalue weighted by atomic mass is 9.89. The fraction of sp³-hybridized carbons (Fsp3) is 0.625. The summed E-state index contributed by atoms with van der Waals surface area (Å²) in [5.74, 6) is -0.345. The van der Waals surface area contributed by atoms with Crippen LogP contribution in [-0.2, 0) is 6.54 Å². The third-order valence-electron chi connectivity index (χ3n) is 4.22. The molecular weight excluding hydrogens is 258 g/mol. The molecule has 0 amide bonds. The SMILES string of the molecule is CCNC1CCN(Cc2ccc(F)cc2F)CC1CC. The van der Waals surface area contributed by atoms with E-state index in [-0.39, 0.29) is 0 Å². The highest BCUT2D eigenvalue weighted by atomic mass is 19.1. The first kappa shape index (κ1) is 15.4. The molecule has 1 aliphatic rings. The van der Waals surface area contributed by atoms with Crippen molar-refractivity contribution in [3.8, 4) is 0 Å².